The summed E-state index contributed by atoms with van der Waals surface area (Å²) in [5.41, 5.74) is 1.39. The molecule has 5 nitrogen and oxygen atoms in total. The molecule has 2 heterocycles. The highest BCUT2D eigenvalue weighted by atomic mass is 32.1. The van der Waals surface area contributed by atoms with Gasteiger partial charge in [0.2, 0.25) is 0 Å². The Balaban J connectivity index is 1.90. The van der Waals surface area contributed by atoms with Crippen molar-refractivity contribution in [3.63, 3.8) is 0 Å². The number of thiazole rings is 1. The highest BCUT2D eigenvalue weighted by molar-refractivity contribution is 7.11. The molecule has 0 fully saturated rings. The summed E-state index contributed by atoms with van der Waals surface area (Å²) in [6.45, 7) is 10.0. The van der Waals surface area contributed by atoms with Crippen molar-refractivity contribution >= 4 is 17.4 Å². The smallest absolute Gasteiger partial charge is 0.406 e. The largest absolute Gasteiger partial charge is 0.453 e. The summed E-state index contributed by atoms with van der Waals surface area (Å²) in [6, 6.07) is 0. The van der Waals surface area contributed by atoms with Gasteiger partial charge in [-0.3, -0.25) is 4.90 Å². The second-order valence-electron chi connectivity index (χ2n) is 6.08. The second-order valence-corrected chi connectivity index (χ2v) is 7.17. The number of alkyl carbamates (subject to hydrolysis) is 1. The molecule has 1 aliphatic heterocycles. The van der Waals surface area contributed by atoms with Gasteiger partial charge >= 0.3 is 6.09 Å². The Morgan fingerprint density at radius 2 is 2.25 bits per heavy atom. The van der Waals surface area contributed by atoms with Gasteiger partial charge in [0.1, 0.15) is 0 Å². The SMILES string of the molecule is COC(=O)NCCN1CCc2nc(C(C)(C)C)sc2C1. The zero-order valence-electron chi connectivity index (χ0n) is 12.7. The topological polar surface area (TPSA) is 54.5 Å². The Bertz CT molecular complexity index is 479. The van der Waals surface area contributed by atoms with Gasteiger partial charge in [0.25, 0.3) is 0 Å². The van der Waals surface area contributed by atoms with E-state index in [9.17, 15) is 4.79 Å². The number of fused-ring (bicyclic) bond motifs is 1. The van der Waals surface area contributed by atoms with Gasteiger partial charge in [0, 0.05) is 42.9 Å². The van der Waals surface area contributed by atoms with Crippen LogP contribution in [0.2, 0.25) is 0 Å². The molecule has 0 radical (unpaired) electrons. The van der Waals surface area contributed by atoms with Crippen molar-refractivity contribution in [1.29, 1.82) is 0 Å². The first-order valence-electron chi connectivity index (χ1n) is 6.93. The van der Waals surface area contributed by atoms with E-state index in [1.807, 2.05) is 11.3 Å². The number of nitrogens with one attached hydrogen (secondary N) is 1. The van der Waals surface area contributed by atoms with Crippen LogP contribution < -0.4 is 5.32 Å². The lowest BCUT2D eigenvalue weighted by Gasteiger charge is -2.25. The molecule has 6 heteroatoms. The first kappa shape index (κ1) is 15.3. The normalized spacial score (nSPS) is 15.8. The molecule has 0 aromatic carbocycles. The molecule has 0 saturated carbocycles. The number of rotatable bonds is 3. The summed E-state index contributed by atoms with van der Waals surface area (Å²) < 4.78 is 4.56. The molecular formula is C14H23N3O2S. The highest BCUT2D eigenvalue weighted by Crippen LogP contribution is 2.32. The van der Waals surface area contributed by atoms with E-state index in [1.165, 1.54) is 22.7 Å². The summed E-state index contributed by atoms with van der Waals surface area (Å²) in [5, 5.41) is 3.94. The van der Waals surface area contributed by atoms with Crippen LogP contribution >= 0.6 is 11.3 Å². The molecular weight excluding hydrogens is 274 g/mol. The fourth-order valence-corrected chi connectivity index (χ4v) is 3.36. The van der Waals surface area contributed by atoms with Crippen molar-refractivity contribution in [2.45, 2.75) is 39.2 Å². The van der Waals surface area contributed by atoms with Gasteiger partial charge in [-0.05, 0) is 0 Å². The highest BCUT2D eigenvalue weighted by Gasteiger charge is 2.25. The van der Waals surface area contributed by atoms with Crippen molar-refractivity contribution in [2.75, 3.05) is 26.7 Å². The maximum atomic E-state index is 11.0. The Labute approximate surface area is 124 Å². The van der Waals surface area contributed by atoms with E-state index >= 15 is 0 Å². The van der Waals surface area contributed by atoms with Crippen LogP contribution in [0.3, 0.4) is 0 Å². The molecule has 1 amide bonds. The molecule has 0 aliphatic carbocycles. The lowest BCUT2D eigenvalue weighted by atomic mass is 9.98. The number of amides is 1. The second kappa shape index (κ2) is 6.10. The van der Waals surface area contributed by atoms with Crippen molar-refractivity contribution in [1.82, 2.24) is 15.2 Å². The van der Waals surface area contributed by atoms with Crippen molar-refractivity contribution in [3.05, 3.63) is 15.6 Å². The lowest BCUT2D eigenvalue weighted by Crippen LogP contribution is -2.37. The summed E-state index contributed by atoms with van der Waals surface area (Å²) in [6.07, 6.45) is 0.635. The van der Waals surface area contributed by atoms with Gasteiger partial charge in [-0.15, -0.1) is 11.3 Å². The number of carbonyl (C=O) groups excluding carboxylic acids is 1. The fourth-order valence-electron chi connectivity index (χ4n) is 2.15. The zero-order chi connectivity index (χ0) is 14.8. The molecule has 0 atom stereocenters. The average molecular weight is 297 g/mol. The number of carbonyl (C=O) groups is 1. The molecule has 0 bridgehead atoms. The maximum absolute atomic E-state index is 11.0. The minimum atomic E-state index is -0.365. The molecule has 1 aliphatic rings. The van der Waals surface area contributed by atoms with Gasteiger partial charge in [-0.25, -0.2) is 9.78 Å². The third kappa shape index (κ3) is 3.70. The average Bonchev–Trinajstić information content (AvgIpc) is 2.81. The summed E-state index contributed by atoms with van der Waals surface area (Å²) in [7, 11) is 1.38. The van der Waals surface area contributed by atoms with Gasteiger partial charge in [-0.1, -0.05) is 20.8 Å². The first-order chi connectivity index (χ1) is 9.40. The van der Waals surface area contributed by atoms with Crippen molar-refractivity contribution in [2.24, 2.45) is 0 Å². The lowest BCUT2D eigenvalue weighted by molar-refractivity contribution is 0.167. The van der Waals surface area contributed by atoms with Gasteiger partial charge in [0.05, 0.1) is 17.8 Å². The molecule has 20 heavy (non-hydrogen) atoms. The number of ether oxygens (including phenoxy) is 1. The standard InChI is InChI=1S/C14H23N3O2S/c1-14(2,3)12-16-10-5-7-17(9-11(10)20-12)8-6-15-13(18)19-4/h5-9H2,1-4H3,(H,15,18). The monoisotopic (exact) mass is 297 g/mol. The third-order valence-corrected chi connectivity index (χ3v) is 4.84. The maximum Gasteiger partial charge on any atom is 0.406 e. The van der Waals surface area contributed by atoms with Gasteiger partial charge < -0.3 is 10.1 Å². The van der Waals surface area contributed by atoms with Crippen LogP contribution in [0.25, 0.3) is 0 Å². The third-order valence-electron chi connectivity index (χ3n) is 3.33. The van der Waals surface area contributed by atoms with E-state index in [4.69, 9.17) is 4.98 Å². The summed E-state index contributed by atoms with van der Waals surface area (Å²) >= 11 is 1.83. The number of hydrogen-bond donors (Lipinski definition) is 1. The van der Waals surface area contributed by atoms with E-state index in [0.717, 1.165) is 26.1 Å². The van der Waals surface area contributed by atoms with Crippen LogP contribution in [0.4, 0.5) is 4.79 Å². The Kier molecular flexibility index (Phi) is 4.65. The van der Waals surface area contributed by atoms with Crippen LogP contribution in [0.5, 0.6) is 0 Å². The molecule has 112 valence electrons. The van der Waals surface area contributed by atoms with Gasteiger partial charge in [-0.2, -0.15) is 0 Å². The van der Waals surface area contributed by atoms with Crippen molar-refractivity contribution < 1.29 is 9.53 Å². The van der Waals surface area contributed by atoms with E-state index in [0.29, 0.717) is 6.54 Å². The fraction of sp³-hybridized carbons (Fsp3) is 0.714. The Morgan fingerprint density at radius 3 is 2.90 bits per heavy atom. The number of methoxy groups -OCH3 is 1. The quantitative estimate of drug-likeness (QED) is 0.929. The van der Waals surface area contributed by atoms with Crippen LogP contribution in [0.15, 0.2) is 0 Å². The minimum absolute atomic E-state index is 0.124. The number of hydrogen-bond acceptors (Lipinski definition) is 5. The first-order valence-corrected chi connectivity index (χ1v) is 7.75. The van der Waals surface area contributed by atoms with Gasteiger partial charge in [0.15, 0.2) is 0 Å². The summed E-state index contributed by atoms with van der Waals surface area (Å²) in [5.74, 6) is 0. The van der Waals surface area contributed by atoms with E-state index in [2.05, 4.69) is 35.7 Å². The van der Waals surface area contributed by atoms with Crippen molar-refractivity contribution in [3.8, 4) is 0 Å². The van der Waals surface area contributed by atoms with Crippen LogP contribution in [-0.4, -0.2) is 42.7 Å². The number of aromatic nitrogens is 1. The predicted molar refractivity (Wildman–Crippen MR) is 80.2 cm³/mol. The molecule has 2 rings (SSSR count). The van der Waals surface area contributed by atoms with Crippen LogP contribution in [0, 0.1) is 0 Å². The molecule has 1 aromatic heterocycles. The molecule has 1 N–H and O–H groups in total. The van der Waals surface area contributed by atoms with E-state index < -0.39 is 0 Å². The molecule has 0 unspecified atom stereocenters. The Hall–Kier alpha value is -1.14. The Morgan fingerprint density at radius 1 is 1.50 bits per heavy atom. The minimum Gasteiger partial charge on any atom is -0.453 e. The molecule has 0 saturated heterocycles. The van der Waals surface area contributed by atoms with Crippen LogP contribution in [0.1, 0.15) is 36.3 Å². The molecule has 1 aromatic rings. The molecule has 0 spiro atoms. The zero-order valence-corrected chi connectivity index (χ0v) is 13.5. The summed E-state index contributed by atoms with van der Waals surface area (Å²) in [4.78, 5) is 19.5. The number of nitrogens with zero attached hydrogens (tertiary/aromatic N) is 2. The van der Waals surface area contributed by atoms with E-state index in [1.54, 1.807) is 0 Å². The van der Waals surface area contributed by atoms with E-state index in [-0.39, 0.29) is 11.5 Å². The predicted octanol–water partition coefficient (Wildman–Crippen LogP) is 2.15. The van der Waals surface area contributed by atoms with Crippen LogP contribution in [-0.2, 0) is 23.1 Å².